The second-order valence-corrected chi connectivity index (χ2v) is 4.38. The number of methoxy groups -OCH3 is 2. The van der Waals surface area contributed by atoms with E-state index in [1.54, 1.807) is 32.4 Å². The van der Waals surface area contributed by atoms with Crippen LogP contribution in [-0.2, 0) is 4.79 Å². The third-order valence-electron chi connectivity index (χ3n) is 3.18. The van der Waals surface area contributed by atoms with Crippen LogP contribution in [-0.4, -0.2) is 43.5 Å². The van der Waals surface area contributed by atoms with E-state index in [9.17, 15) is 9.90 Å². The summed E-state index contributed by atoms with van der Waals surface area (Å²) in [5.41, 5.74) is 0.595. The molecule has 2 atom stereocenters. The lowest BCUT2D eigenvalue weighted by Crippen LogP contribution is -2.32. The van der Waals surface area contributed by atoms with Crippen LogP contribution in [0.3, 0.4) is 0 Å². The highest BCUT2D eigenvalue weighted by atomic mass is 16.5. The molecule has 1 aromatic rings. The quantitative estimate of drug-likeness (QED) is 0.664. The molecule has 112 valence electrons. The van der Waals surface area contributed by atoms with Gasteiger partial charge in [-0.05, 0) is 25.6 Å². The van der Waals surface area contributed by atoms with Crippen molar-refractivity contribution in [3.63, 3.8) is 0 Å². The first kappa shape index (κ1) is 16.3. The number of aliphatic hydroxyl groups is 1. The molecule has 0 aliphatic carbocycles. The van der Waals surface area contributed by atoms with Gasteiger partial charge in [-0.25, -0.2) is 0 Å². The van der Waals surface area contributed by atoms with Gasteiger partial charge in [-0.1, -0.05) is 0 Å². The Kier molecular flexibility index (Phi) is 6.27. The fourth-order valence-corrected chi connectivity index (χ4v) is 2.02. The second-order valence-electron chi connectivity index (χ2n) is 4.38. The summed E-state index contributed by atoms with van der Waals surface area (Å²) >= 11 is 0. The molecule has 0 heterocycles. The molecule has 0 amide bonds. The van der Waals surface area contributed by atoms with Crippen molar-refractivity contribution in [2.45, 2.75) is 25.0 Å². The number of carbonyl (C=O) groups is 1. The third kappa shape index (κ3) is 4.11. The van der Waals surface area contributed by atoms with Gasteiger partial charge in [0.1, 0.15) is 11.5 Å². The highest BCUT2D eigenvalue weighted by Crippen LogP contribution is 2.31. The molecule has 0 aromatic heterocycles. The van der Waals surface area contributed by atoms with Gasteiger partial charge in [-0.3, -0.25) is 4.79 Å². The second kappa shape index (κ2) is 7.72. The predicted molar refractivity (Wildman–Crippen MR) is 74.2 cm³/mol. The molecular weight excluding hydrogens is 262 g/mol. The zero-order valence-electron chi connectivity index (χ0n) is 11.9. The van der Waals surface area contributed by atoms with Crippen molar-refractivity contribution in [3.05, 3.63) is 23.8 Å². The lowest BCUT2D eigenvalue weighted by Gasteiger charge is -2.24. The van der Waals surface area contributed by atoms with Gasteiger partial charge in [-0.15, -0.1) is 0 Å². The highest BCUT2D eigenvalue weighted by Gasteiger charge is 2.23. The highest BCUT2D eigenvalue weighted by molar-refractivity contribution is 5.66. The first-order valence-electron chi connectivity index (χ1n) is 6.32. The Labute approximate surface area is 118 Å². The van der Waals surface area contributed by atoms with Crippen molar-refractivity contribution in [2.75, 3.05) is 21.3 Å². The summed E-state index contributed by atoms with van der Waals surface area (Å²) in [5, 5.41) is 22.1. The Bertz CT molecular complexity index is 449. The van der Waals surface area contributed by atoms with Gasteiger partial charge in [-0.2, -0.15) is 0 Å². The summed E-state index contributed by atoms with van der Waals surface area (Å²) in [6, 6.07) is 4.76. The topological polar surface area (TPSA) is 88.0 Å². The number of benzene rings is 1. The molecule has 0 saturated heterocycles. The van der Waals surface area contributed by atoms with E-state index in [2.05, 4.69) is 5.32 Å². The van der Waals surface area contributed by atoms with Gasteiger partial charge in [0.2, 0.25) is 0 Å². The Morgan fingerprint density at radius 3 is 2.55 bits per heavy atom. The van der Waals surface area contributed by atoms with Crippen LogP contribution in [0.2, 0.25) is 0 Å². The number of hydrogen-bond acceptors (Lipinski definition) is 5. The van der Waals surface area contributed by atoms with Crippen LogP contribution in [0.1, 0.15) is 24.5 Å². The van der Waals surface area contributed by atoms with Crippen LogP contribution in [0.25, 0.3) is 0 Å². The van der Waals surface area contributed by atoms with Gasteiger partial charge in [0.25, 0.3) is 0 Å². The largest absolute Gasteiger partial charge is 0.497 e. The minimum Gasteiger partial charge on any atom is -0.497 e. The van der Waals surface area contributed by atoms with Crippen molar-refractivity contribution in [2.24, 2.45) is 0 Å². The van der Waals surface area contributed by atoms with E-state index in [4.69, 9.17) is 14.6 Å². The third-order valence-corrected chi connectivity index (χ3v) is 3.18. The number of ether oxygens (including phenoxy) is 2. The van der Waals surface area contributed by atoms with Gasteiger partial charge >= 0.3 is 5.97 Å². The maximum atomic E-state index is 10.6. The van der Waals surface area contributed by atoms with E-state index in [1.807, 2.05) is 0 Å². The number of rotatable bonds is 8. The first-order chi connectivity index (χ1) is 9.53. The minimum atomic E-state index is -0.890. The first-order valence-corrected chi connectivity index (χ1v) is 6.32. The van der Waals surface area contributed by atoms with Gasteiger partial charge in [0.05, 0.1) is 20.3 Å². The smallest absolute Gasteiger partial charge is 0.303 e. The van der Waals surface area contributed by atoms with Crippen molar-refractivity contribution < 1.29 is 24.5 Å². The Morgan fingerprint density at radius 2 is 2.05 bits per heavy atom. The molecule has 0 fully saturated rings. The summed E-state index contributed by atoms with van der Waals surface area (Å²) in [5.74, 6) is 0.246. The summed E-state index contributed by atoms with van der Waals surface area (Å²) in [7, 11) is 4.75. The van der Waals surface area contributed by atoms with Crippen LogP contribution >= 0.6 is 0 Å². The summed E-state index contributed by atoms with van der Waals surface area (Å²) in [6.07, 6.45) is -0.552. The summed E-state index contributed by atoms with van der Waals surface area (Å²) < 4.78 is 10.3. The van der Waals surface area contributed by atoms with Crippen LogP contribution in [0.4, 0.5) is 0 Å². The average molecular weight is 283 g/mol. The Balaban J connectivity index is 2.93. The molecule has 6 heteroatoms. The van der Waals surface area contributed by atoms with E-state index in [1.165, 1.54) is 7.11 Å². The summed E-state index contributed by atoms with van der Waals surface area (Å²) in [6.45, 7) is 0. The Hall–Kier alpha value is -1.79. The fourth-order valence-electron chi connectivity index (χ4n) is 2.02. The number of aliphatic hydroxyl groups excluding tert-OH is 1. The fraction of sp³-hybridized carbons (Fsp3) is 0.500. The molecule has 0 aliphatic heterocycles. The van der Waals surface area contributed by atoms with E-state index < -0.39 is 12.1 Å². The lowest BCUT2D eigenvalue weighted by molar-refractivity contribution is -0.137. The molecule has 2 unspecified atom stereocenters. The normalized spacial score (nSPS) is 13.6. The molecule has 0 radical (unpaired) electrons. The van der Waals surface area contributed by atoms with Crippen molar-refractivity contribution >= 4 is 5.97 Å². The van der Waals surface area contributed by atoms with E-state index in [0.717, 1.165) is 0 Å². The number of aliphatic carboxylic acids is 1. The van der Waals surface area contributed by atoms with Gasteiger partial charge < -0.3 is 25.0 Å². The molecule has 3 N–H and O–H groups in total. The molecule has 1 aromatic carbocycles. The number of likely N-dealkylation sites (N-methyl/N-ethyl adjacent to an activating group) is 1. The van der Waals surface area contributed by atoms with Crippen LogP contribution in [0.15, 0.2) is 18.2 Å². The van der Waals surface area contributed by atoms with Crippen molar-refractivity contribution in [3.8, 4) is 11.5 Å². The Morgan fingerprint density at radius 1 is 1.35 bits per heavy atom. The van der Waals surface area contributed by atoms with E-state index in [0.29, 0.717) is 23.5 Å². The average Bonchev–Trinajstić information content (AvgIpc) is 2.46. The van der Waals surface area contributed by atoms with Crippen LogP contribution < -0.4 is 14.8 Å². The van der Waals surface area contributed by atoms with Gasteiger partial charge in [0.15, 0.2) is 0 Å². The molecule has 6 nitrogen and oxygen atoms in total. The monoisotopic (exact) mass is 283 g/mol. The van der Waals surface area contributed by atoms with Crippen LogP contribution in [0, 0.1) is 0 Å². The molecule has 0 aliphatic rings. The zero-order chi connectivity index (χ0) is 15.1. The standard InChI is InChI=1S/C14H21NO5/c1-15-11(6-7-13(16)17)14(18)10-5-4-9(19-2)8-12(10)20-3/h4-5,8,11,14-15,18H,6-7H2,1-3H3,(H,16,17). The van der Waals surface area contributed by atoms with E-state index >= 15 is 0 Å². The number of carboxylic acid groups (broad SMARTS) is 1. The molecule has 0 spiro atoms. The molecule has 0 saturated carbocycles. The predicted octanol–water partition coefficient (Wildman–Crippen LogP) is 1.19. The van der Waals surface area contributed by atoms with Crippen LogP contribution in [0.5, 0.6) is 11.5 Å². The van der Waals surface area contributed by atoms with Gasteiger partial charge in [0, 0.05) is 24.1 Å². The number of carboxylic acids is 1. The zero-order valence-corrected chi connectivity index (χ0v) is 11.9. The molecule has 1 rings (SSSR count). The number of nitrogens with one attached hydrogen (secondary N) is 1. The maximum Gasteiger partial charge on any atom is 0.303 e. The lowest BCUT2D eigenvalue weighted by atomic mass is 9.97. The van der Waals surface area contributed by atoms with Crippen molar-refractivity contribution in [1.82, 2.24) is 5.32 Å². The molecule has 20 heavy (non-hydrogen) atoms. The summed E-state index contributed by atoms with van der Waals surface area (Å²) in [4.78, 5) is 10.6. The van der Waals surface area contributed by atoms with Crippen molar-refractivity contribution in [1.29, 1.82) is 0 Å². The molecule has 0 bridgehead atoms. The van der Waals surface area contributed by atoms with E-state index in [-0.39, 0.29) is 12.5 Å². The number of hydrogen-bond donors (Lipinski definition) is 3. The molecular formula is C14H21NO5. The maximum absolute atomic E-state index is 10.6. The SMILES string of the molecule is CNC(CCC(=O)O)C(O)c1ccc(OC)cc1OC. The minimum absolute atomic E-state index is 0.0129.